The van der Waals surface area contributed by atoms with E-state index in [4.69, 9.17) is 4.74 Å². The van der Waals surface area contributed by atoms with Crippen LogP contribution in [0.3, 0.4) is 0 Å². The van der Waals surface area contributed by atoms with E-state index in [1.54, 1.807) is 0 Å². The molecular weight excluding hydrogens is 455 g/mol. The van der Waals surface area contributed by atoms with E-state index in [0.717, 1.165) is 12.1 Å². The summed E-state index contributed by atoms with van der Waals surface area (Å²) < 4.78 is 44.7. The third-order valence-corrected chi connectivity index (χ3v) is 5.74. The number of nitrogens with one attached hydrogen (secondary N) is 2. The van der Waals surface area contributed by atoms with Gasteiger partial charge in [0.15, 0.2) is 0 Å². The highest BCUT2D eigenvalue weighted by Gasteiger charge is 2.31. The molecule has 0 bridgehead atoms. The number of anilines is 3. The monoisotopic (exact) mass is 475 g/mol. The number of alkyl halides is 3. The highest BCUT2D eigenvalue weighted by Crippen LogP contribution is 2.32. The summed E-state index contributed by atoms with van der Waals surface area (Å²) in [5, 5.41) is 16.4. The van der Waals surface area contributed by atoms with Gasteiger partial charge in [0.1, 0.15) is 17.1 Å². The van der Waals surface area contributed by atoms with Gasteiger partial charge in [-0.25, -0.2) is 0 Å². The lowest BCUT2D eigenvalue weighted by Crippen LogP contribution is -2.40. The molecule has 0 saturated heterocycles. The molecule has 0 heterocycles. The van der Waals surface area contributed by atoms with Crippen molar-refractivity contribution in [3.8, 4) is 5.75 Å². The molecule has 1 fully saturated rings. The number of ether oxygens (including phenoxy) is 1. The van der Waals surface area contributed by atoms with Gasteiger partial charge in [0.2, 0.25) is 0 Å². The summed E-state index contributed by atoms with van der Waals surface area (Å²) in [5.74, 6) is 0.525. The highest BCUT2D eigenvalue weighted by molar-refractivity contribution is 5.79. The zero-order valence-corrected chi connectivity index (χ0v) is 17.7. The average molecular weight is 475 g/mol. The van der Waals surface area contributed by atoms with Gasteiger partial charge in [-0.1, -0.05) is 6.07 Å². The molecule has 3 aromatic carbocycles. The van der Waals surface area contributed by atoms with Crippen molar-refractivity contribution in [3.05, 3.63) is 84.7 Å². The first-order chi connectivity index (χ1) is 16.1. The van der Waals surface area contributed by atoms with Gasteiger partial charge in [-0.15, -0.1) is 0 Å². The second kappa shape index (κ2) is 9.16. The summed E-state index contributed by atoms with van der Waals surface area (Å²) in [4.78, 5) is 34.4. The fourth-order valence-electron chi connectivity index (χ4n) is 3.93. The van der Waals surface area contributed by atoms with E-state index >= 15 is 0 Å². The molecule has 0 atom stereocenters. The minimum atomic E-state index is -4.53. The van der Waals surface area contributed by atoms with E-state index in [2.05, 4.69) is 10.6 Å². The topological polar surface area (TPSA) is 111 Å². The molecule has 34 heavy (non-hydrogen) atoms. The van der Waals surface area contributed by atoms with Gasteiger partial charge in [-0.05, 0) is 56.0 Å². The average Bonchev–Trinajstić information content (AvgIpc) is 2.82. The zero-order chi connectivity index (χ0) is 24.5. The zero-order valence-electron chi connectivity index (χ0n) is 17.7. The quantitative estimate of drug-likeness (QED) is 0.288. The van der Waals surface area contributed by atoms with Crippen LogP contribution in [0.5, 0.6) is 5.75 Å². The third-order valence-electron chi connectivity index (χ3n) is 5.74. The summed E-state index contributed by atoms with van der Waals surface area (Å²) in [6.07, 6.45) is -2.04. The second-order valence-corrected chi connectivity index (χ2v) is 8.10. The van der Waals surface area contributed by atoms with Crippen molar-refractivity contribution in [2.24, 2.45) is 0 Å². The number of hydrogen-bond acceptors (Lipinski definition) is 7. The van der Waals surface area contributed by atoms with E-state index in [1.165, 1.54) is 36.4 Å². The molecule has 178 valence electrons. The third kappa shape index (κ3) is 5.03. The lowest BCUT2D eigenvalue weighted by molar-refractivity contribution is -0.384. The molecule has 0 amide bonds. The van der Waals surface area contributed by atoms with Crippen molar-refractivity contribution >= 4 is 22.7 Å². The molecule has 4 rings (SSSR count). The maximum atomic E-state index is 12.9. The second-order valence-electron chi connectivity index (χ2n) is 8.10. The van der Waals surface area contributed by atoms with Gasteiger partial charge in [-0.3, -0.25) is 19.7 Å². The van der Waals surface area contributed by atoms with Gasteiger partial charge in [-0.2, -0.15) is 13.2 Å². The minimum absolute atomic E-state index is 0.0252. The van der Waals surface area contributed by atoms with Crippen molar-refractivity contribution in [1.29, 1.82) is 0 Å². The first kappa shape index (κ1) is 23.3. The number of benzene rings is 2. The van der Waals surface area contributed by atoms with E-state index in [0.29, 0.717) is 31.4 Å². The Morgan fingerprint density at radius 1 is 0.941 bits per heavy atom. The predicted molar refractivity (Wildman–Crippen MR) is 119 cm³/mol. The van der Waals surface area contributed by atoms with Gasteiger partial charge in [0, 0.05) is 23.9 Å². The van der Waals surface area contributed by atoms with Crippen LogP contribution in [0.1, 0.15) is 31.2 Å². The molecule has 0 aromatic heterocycles. The largest absolute Gasteiger partial charge is 0.490 e. The maximum absolute atomic E-state index is 12.9. The molecule has 0 aliphatic heterocycles. The summed E-state index contributed by atoms with van der Waals surface area (Å²) in [6, 6.07) is 10.1. The van der Waals surface area contributed by atoms with Crippen molar-refractivity contribution < 1.29 is 22.8 Å². The molecule has 2 N–H and O–H groups in total. The molecule has 0 unspecified atom stereocenters. The first-order valence-corrected chi connectivity index (χ1v) is 10.6. The van der Waals surface area contributed by atoms with Gasteiger partial charge < -0.3 is 15.4 Å². The van der Waals surface area contributed by atoms with Crippen molar-refractivity contribution in [2.75, 3.05) is 10.6 Å². The van der Waals surface area contributed by atoms with Crippen LogP contribution in [0.4, 0.5) is 35.9 Å². The van der Waals surface area contributed by atoms with E-state index < -0.39 is 27.5 Å². The molecule has 1 aliphatic carbocycles. The van der Waals surface area contributed by atoms with Crippen LogP contribution < -0.4 is 26.2 Å². The number of nitro benzene ring substituents is 1. The number of halogens is 3. The number of nitro groups is 1. The first-order valence-electron chi connectivity index (χ1n) is 10.6. The van der Waals surface area contributed by atoms with E-state index in [-0.39, 0.29) is 34.9 Å². The molecule has 1 aliphatic rings. The Kier molecular flexibility index (Phi) is 6.27. The Morgan fingerprint density at radius 2 is 1.59 bits per heavy atom. The molecule has 11 heteroatoms. The van der Waals surface area contributed by atoms with Crippen LogP contribution in [0.25, 0.3) is 0 Å². The van der Waals surface area contributed by atoms with Crippen molar-refractivity contribution in [2.45, 2.75) is 44.0 Å². The summed E-state index contributed by atoms with van der Waals surface area (Å²) >= 11 is 0. The van der Waals surface area contributed by atoms with Crippen LogP contribution in [0.15, 0.2) is 58.1 Å². The van der Waals surface area contributed by atoms with Crippen LogP contribution in [0, 0.1) is 10.1 Å². The molecule has 1 saturated carbocycles. The Morgan fingerprint density at radius 3 is 2.21 bits per heavy atom. The Labute approximate surface area is 191 Å². The number of non-ortho nitro benzene ring substituents is 1. The highest BCUT2D eigenvalue weighted by atomic mass is 19.4. The smallest absolute Gasteiger partial charge is 0.416 e. The maximum Gasteiger partial charge on any atom is 0.416 e. The Hall–Kier alpha value is -3.89. The lowest BCUT2D eigenvalue weighted by Gasteiger charge is -2.30. The number of hydrogen-bond donors (Lipinski definition) is 2. The van der Waals surface area contributed by atoms with Gasteiger partial charge >= 0.3 is 6.18 Å². The molecule has 0 radical (unpaired) electrons. The van der Waals surface area contributed by atoms with Crippen LogP contribution in [-0.2, 0) is 6.18 Å². The predicted octanol–water partition coefficient (Wildman–Crippen LogP) is 4.76. The number of rotatable bonds is 7. The lowest BCUT2D eigenvalue weighted by atomic mass is 9.92. The van der Waals surface area contributed by atoms with Gasteiger partial charge in [0.05, 0.1) is 16.6 Å². The normalized spacial score (nSPS) is 18.4. The summed E-state index contributed by atoms with van der Waals surface area (Å²) in [5.41, 5.74) is -2.30. The van der Waals surface area contributed by atoms with Crippen LogP contribution in [-0.4, -0.2) is 17.1 Å². The standard InChI is InChI=1S/C23H20F3N3O5/c24-23(25,26)13-2-1-3-15(12-13)28-20-19(21(30)22(20)31)27-14-4-8-17(9-5-14)34-18-10-6-16(7-11-18)29(32)33/h1-3,6-7,10-12,14,17,27-28H,4-5,8-9H2. The van der Waals surface area contributed by atoms with Crippen molar-refractivity contribution in [3.63, 3.8) is 0 Å². The summed E-state index contributed by atoms with van der Waals surface area (Å²) in [6.45, 7) is 0. The van der Waals surface area contributed by atoms with E-state index in [9.17, 15) is 32.9 Å². The number of nitrogens with zero attached hydrogens (tertiary/aromatic N) is 1. The SMILES string of the molecule is O=c1c(Nc2cccc(C(F)(F)F)c2)c(NC2CCC(Oc3ccc([N+](=O)[O-])cc3)CC2)c1=O. The minimum Gasteiger partial charge on any atom is -0.490 e. The molecule has 8 nitrogen and oxygen atoms in total. The molecule has 3 aromatic rings. The molecule has 0 spiro atoms. The van der Waals surface area contributed by atoms with E-state index in [1.807, 2.05) is 0 Å². The fraction of sp³-hybridized carbons (Fsp3) is 0.304. The Bertz CT molecular complexity index is 1260. The fourth-order valence-corrected chi connectivity index (χ4v) is 3.93. The Balaban J connectivity index is 1.35. The van der Waals surface area contributed by atoms with Gasteiger partial charge in [0.25, 0.3) is 16.5 Å². The van der Waals surface area contributed by atoms with Crippen LogP contribution in [0.2, 0.25) is 0 Å². The van der Waals surface area contributed by atoms with Crippen LogP contribution >= 0.6 is 0 Å². The molecular formula is C23H20F3N3O5. The summed E-state index contributed by atoms with van der Waals surface area (Å²) in [7, 11) is 0. The van der Waals surface area contributed by atoms with Crippen molar-refractivity contribution in [1.82, 2.24) is 0 Å².